The predicted octanol–water partition coefficient (Wildman–Crippen LogP) is 3.93. The number of esters is 2. The van der Waals surface area contributed by atoms with Gasteiger partial charge in [-0.25, -0.2) is 19.6 Å². The molecular formula is C73H89N11O17. The predicted molar refractivity (Wildman–Crippen MR) is 366 cm³/mol. The molecule has 538 valence electrons. The minimum Gasteiger partial charge on any atom is -0.505 e. The molecular weight excluding hydrogens is 1300 g/mol. The number of rotatable bonds is 8. The third kappa shape index (κ3) is 19.6. The minimum atomic E-state index is -1.68. The second kappa shape index (κ2) is 34.9. The number of carbonyl (C=O) groups is 12. The summed E-state index contributed by atoms with van der Waals surface area (Å²) in [5, 5.41) is 31.2. The van der Waals surface area contributed by atoms with Crippen molar-refractivity contribution in [2.75, 3.05) is 52.2 Å². The lowest BCUT2D eigenvalue weighted by Gasteiger charge is -2.40. The highest BCUT2D eigenvalue weighted by Crippen LogP contribution is 2.29. The molecule has 0 saturated carbocycles. The zero-order valence-corrected chi connectivity index (χ0v) is 58.2. The number of allylic oxidation sites excluding steroid dienone is 2. The van der Waals surface area contributed by atoms with Crippen molar-refractivity contribution in [2.24, 2.45) is 11.8 Å². The molecule has 101 heavy (non-hydrogen) atoms. The summed E-state index contributed by atoms with van der Waals surface area (Å²) in [6, 6.07) is 10.1. The van der Waals surface area contributed by atoms with E-state index in [2.05, 4.69) is 31.2 Å². The molecule has 0 spiro atoms. The van der Waals surface area contributed by atoms with Crippen LogP contribution in [-0.4, -0.2) is 206 Å². The summed E-state index contributed by atoms with van der Waals surface area (Å²) in [6.45, 7) is 11.0. The van der Waals surface area contributed by atoms with Crippen LogP contribution >= 0.6 is 0 Å². The number of oxazole rings is 1. The van der Waals surface area contributed by atoms with Crippen LogP contribution in [0.3, 0.4) is 0 Å². The highest BCUT2D eigenvalue weighted by molar-refractivity contribution is 6.02. The number of amides is 8. The Morgan fingerprint density at radius 1 is 0.822 bits per heavy atom. The van der Waals surface area contributed by atoms with Gasteiger partial charge in [-0.3, -0.25) is 47.9 Å². The van der Waals surface area contributed by atoms with E-state index in [9.17, 15) is 67.7 Å². The first-order valence-corrected chi connectivity index (χ1v) is 33.8. The number of pyridine rings is 1. The summed E-state index contributed by atoms with van der Waals surface area (Å²) in [6.07, 6.45) is 9.66. The molecule has 10 atom stereocenters. The molecule has 3 saturated heterocycles. The largest absolute Gasteiger partial charge is 0.505 e. The normalized spacial score (nSPS) is 26.3. The Morgan fingerprint density at radius 3 is 2.24 bits per heavy atom. The van der Waals surface area contributed by atoms with Gasteiger partial charge in [-0.2, -0.15) is 0 Å². The number of hydrogen-bond acceptors (Lipinski definition) is 20. The summed E-state index contributed by atoms with van der Waals surface area (Å²) in [5.74, 6) is -8.40. The van der Waals surface area contributed by atoms with Crippen LogP contribution in [0.2, 0.25) is 0 Å². The van der Waals surface area contributed by atoms with Gasteiger partial charge in [0.25, 0.3) is 11.8 Å². The van der Waals surface area contributed by atoms with Crippen molar-refractivity contribution in [3.05, 3.63) is 155 Å². The van der Waals surface area contributed by atoms with Gasteiger partial charge in [0.2, 0.25) is 41.3 Å². The molecule has 2 aromatic carbocycles. The van der Waals surface area contributed by atoms with Gasteiger partial charge in [0.1, 0.15) is 71.7 Å². The number of fused-ring (bicyclic) bond motifs is 5. The number of aromatic hydroxyl groups is 1. The van der Waals surface area contributed by atoms with Crippen LogP contribution in [0.1, 0.15) is 131 Å². The Balaban J connectivity index is 0.000000291. The molecule has 10 unspecified atom stereocenters. The van der Waals surface area contributed by atoms with E-state index in [1.807, 2.05) is 64.0 Å². The molecule has 6 N–H and O–H groups in total. The zero-order valence-electron chi connectivity index (χ0n) is 58.2. The van der Waals surface area contributed by atoms with Crippen molar-refractivity contribution in [3.63, 3.8) is 0 Å². The number of aliphatic hydroxyl groups excluding tert-OH is 1. The van der Waals surface area contributed by atoms with Crippen LogP contribution < -0.4 is 26.2 Å². The van der Waals surface area contributed by atoms with Crippen molar-refractivity contribution in [2.45, 2.75) is 154 Å². The van der Waals surface area contributed by atoms with Crippen molar-refractivity contribution >= 4 is 76.4 Å². The van der Waals surface area contributed by atoms with Gasteiger partial charge < -0.3 is 69.9 Å². The van der Waals surface area contributed by atoms with Crippen molar-refractivity contribution in [3.8, 4) is 5.75 Å². The molecule has 0 radical (unpaired) electrons. The van der Waals surface area contributed by atoms with E-state index in [-0.39, 0.29) is 123 Å². The number of ketones is 2. The molecule has 4 aromatic rings. The van der Waals surface area contributed by atoms with Gasteiger partial charge in [0, 0.05) is 90.8 Å². The molecule has 2 aromatic heterocycles. The van der Waals surface area contributed by atoms with Crippen molar-refractivity contribution < 1.29 is 81.6 Å². The van der Waals surface area contributed by atoms with E-state index in [4.69, 9.17) is 13.9 Å². The van der Waals surface area contributed by atoms with Crippen LogP contribution in [0, 0.1) is 11.8 Å². The average molecular weight is 1390 g/mol. The molecule has 5 aliphatic heterocycles. The lowest BCUT2D eigenvalue weighted by atomic mass is 9.94. The number of likely N-dealkylation sites (N-methyl/N-ethyl adjacent to an activating group) is 1. The van der Waals surface area contributed by atoms with Crippen LogP contribution in [0.25, 0.3) is 0 Å². The summed E-state index contributed by atoms with van der Waals surface area (Å²) in [4.78, 5) is 180. The monoisotopic (exact) mass is 1390 g/mol. The summed E-state index contributed by atoms with van der Waals surface area (Å²) < 4.78 is 17.0. The van der Waals surface area contributed by atoms with Gasteiger partial charge in [0.05, 0.1) is 12.5 Å². The number of benzene rings is 2. The molecule has 8 amide bonds. The van der Waals surface area contributed by atoms with E-state index >= 15 is 0 Å². The third-order valence-corrected chi connectivity index (χ3v) is 18.0. The van der Waals surface area contributed by atoms with Crippen LogP contribution in [0.4, 0.5) is 5.69 Å². The van der Waals surface area contributed by atoms with Gasteiger partial charge in [-0.05, 0) is 86.9 Å². The van der Waals surface area contributed by atoms with E-state index < -0.39 is 119 Å². The highest BCUT2D eigenvalue weighted by atomic mass is 16.6. The number of nitrogens with one attached hydrogen (secondary N) is 4. The zero-order chi connectivity index (χ0) is 73.4. The fourth-order valence-corrected chi connectivity index (χ4v) is 12.5. The second-order valence-corrected chi connectivity index (χ2v) is 26.1. The number of cyclic esters (lactones) is 2. The molecule has 7 heterocycles. The maximum atomic E-state index is 15.0. The number of aliphatic hydroxyl groups is 1. The fraction of sp³-hybridized carbons (Fsp3) is 0.452. The van der Waals surface area contributed by atoms with Crippen molar-refractivity contribution in [1.29, 1.82) is 0 Å². The first-order chi connectivity index (χ1) is 48.1. The quantitative estimate of drug-likeness (QED) is 0.136. The smallest absolute Gasteiger partial charge is 0.355 e. The lowest BCUT2D eigenvalue weighted by molar-refractivity contribution is -0.157. The lowest BCUT2D eigenvalue weighted by Crippen LogP contribution is -2.61. The number of nitrogens with zero attached hydrogens (tertiary/aromatic N) is 7. The molecule has 2 bridgehead atoms. The van der Waals surface area contributed by atoms with E-state index in [1.54, 1.807) is 74.6 Å². The first kappa shape index (κ1) is 76.1. The number of aromatic nitrogens is 2. The Bertz CT molecular complexity index is 3860. The number of piperidine rings is 1. The number of anilines is 1. The second-order valence-electron chi connectivity index (χ2n) is 26.1. The van der Waals surface area contributed by atoms with Gasteiger partial charge in [-0.1, -0.05) is 106 Å². The number of ether oxygens (including phenoxy) is 2. The summed E-state index contributed by atoms with van der Waals surface area (Å²) >= 11 is 0. The summed E-state index contributed by atoms with van der Waals surface area (Å²) in [5.41, 5.74) is 2.26. The van der Waals surface area contributed by atoms with Crippen LogP contribution in [0.15, 0.2) is 131 Å². The van der Waals surface area contributed by atoms with E-state index in [0.29, 0.717) is 18.4 Å². The number of hydrogen-bond donors (Lipinski definition) is 6. The molecule has 9 rings (SSSR count). The van der Waals surface area contributed by atoms with Crippen LogP contribution in [-0.2, 0) is 70.3 Å². The molecule has 28 nitrogen and oxygen atoms in total. The maximum absolute atomic E-state index is 15.0. The highest BCUT2D eigenvalue weighted by Gasteiger charge is 2.46. The van der Waals surface area contributed by atoms with Gasteiger partial charge >= 0.3 is 11.9 Å². The summed E-state index contributed by atoms with van der Waals surface area (Å²) in [7, 11) is 5.25. The minimum absolute atomic E-state index is 0.0299. The third-order valence-electron chi connectivity index (χ3n) is 18.0. The molecule has 5 aliphatic rings. The molecule has 28 heteroatoms. The van der Waals surface area contributed by atoms with Crippen molar-refractivity contribution in [1.82, 2.24) is 50.8 Å². The van der Waals surface area contributed by atoms with Gasteiger partial charge in [0.15, 0.2) is 17.4 Å². The molecule has 3 fully saturated rings. The Hall–Kier alpha value is -10.6. The first-order valence-electron chi connectivity index (χ1n) is 33.8. The number of Topliss-reactive ketones (excluding diaryl/α,β-unsaturated/α-hetero) is 2. The van der Waals surface area contributed by atoms with E-state index in [1.165, 1.54) is 58.0 Å². The molecule has 0 aliphatic carbocycles. The topological polar surface area (TPSA) is 367 Å². The Kier molecular flexibility index (Phi) is 26.3. The number of carbonyl (C=O) groups excluding carboxylic acids is 12. The van der Waals surface area contributed by atoms with Gasteiger partial charge in [-0.15, -0.1) is 0 Å². The standard InChI is InChI=1S/C45H54N8O10.C28H35N3O7/c1-6-31-42(59)52-22-11-14-32(52)43(60)51(5)34(24-27-16-18-29(19-17-27)50(3)4)44(61)53-23-20-30(54)25-33(53)39(56)49-37(28-12-8-7-9-13-28)45(62)63-26(2)36(40(57)47-31)48-41(58)38-35(55)15-10-21-46-38;1-17(2)26-19(4)9-10-24(34)29-11-5-7-18(3)13-20(32)14-21(33)15-25-30-22(16-37-25)27(35)31-12-6-8-23(31)28(36)38-26/h7-10,12-13,15-19,21,26,31-34,36-37,55H,6,11,14,20,22-25H2,1-5H3,(H,47,57)(H,48,58)(H,49,56);5,7-10,13,16-17,19-20,26,32H,6,11-12,14-15H2,1-4H3,(H,29,34)/b;7-5+,10-9+,18-13-. The van der Waals surface area contributed by atoms with E-state index in [0.717, 1.165) is 17.5 Å². The average Bonchev–Trinajstić information content (AvgIpc) is 1.79. The van der Waals surface area contributed by atoms with Crippen LogP contribution in [0.5, 0.6) is 5.75 Å². The maximum Gasteiger partial charge on any atom is 0.355 e. The Morgan fingerprint density at radius 2 is 1.54 bits per heavy atom. The fourth-order valence-electron chi connectivity index (χ4n) is 12.5. The Labute approximate surface area is 585 Å². The SMILES string of the molecule is CC1=C/C(O)CC(=O)Cc2nc(co2)C(=O)N2CCC=C2C(=O)OC(C(C)C)C(C)/C=C/C(=O)NC\C=C\1.CCC1NC(=O)C(NC(=O)c2ncccc2O)C(C)OC(=O)C(c2ccccc2)NC(=O)C2CC(=O)CCN2C(=O)C(Cc2ccc(N(C)C)cc2)N(C)C(=O)C2CCCN2C1=O.